The first-order valence-corrected chi connectivity index (χ1v) is 9.41. The molecule has 2 heteroatoms. The van der Waals surface area contributed by atoms with Gasteiger partial charge in [0.05, 0.1) is 0 Å². The first-order chi connectivity index (χ1) is 5.41. The molecule has 0 atom stereocenters. The minimum atomic E-state index is 0.677. The Kier molecular flexibility index (Phi) is 3.75. The Bertz CT molecular complexity index is 120. The van der Waals surface area contributed by atoms with Gasteiger partial charge in [0.15, 0.2) is 0 Å². The normalized spacial score (nSPS) is 29.0. The van der Waals surface area contributed by atoms with Gasteiger partial charge in [-0.25, -0.2) is 0 Å². The van der Waals surface area contributed by atoms with Crippen molar-refractivity contribution in [1.82, 2.24) is 0 Å². The molecule has 0 radical (unpaired) electrons. The van der Waals surface area contributed by atoms with Crippen LogP contribution in [0.4, 0.5) is 0 Å². The summed E-state index contributed by atoms with van der Waals surface area (Å²) in [4.78, 5) is 0. The maximum atomic E-state index is 2.45. The third kappa shape index (κ3) is 3.83. The van der Waals surface area contributed by atoms with E-state index in [1.807, 2.05) is 0 Å². The molecule has 1 aliphatic rings. The molecule has 1 heterocycles. The fourth-order valence-electron chi connectivity index (χ4n) is 1.29. The van der Waals surface area contributed by atoms with Crippen LogP contribution < -0.4 is 0 Å². The van der Waals surface area contributed by atoms with Crippen molar-refractivity contribution < 1.29 is 0 Å². The Balaban J connectivity index is 2.45. The van der Waals surface area contributed by atoms with Gasteiger partial charge in [-0.05, 0) is 0 Å². The molecular weight excluding hydrogens is 278 g/mol. The van der Waals surface area contributed by atoms with Gasteiger partial charge in [-0.2, -0.15) is 0 Å². The van der Waals surface area contributed by atoms with Crippen molar-refractivity contribution in [3.05, 3.63) is 0 Å². The topological polar surface area (TPSA) is 0 Å². The Morgan fingerprint density at radius 2 is 0.917 bits per heavy atom. The van der Waals surface area contributed by atoms with Gasteiger partial charge in [-0.1, -0.05) is 0 Å². The molecule has 12 heavy (non-hydrogen) atoms. The zero-order valence-electron chi connectivity index (χ0n) is 8.64. The van der Waals surface area contributed by atoms with Gasteiger partial charge in [-0.3, -0.25) is 0 Å². The van der Waals surface area contributed by atoms with Crippen LogP contribution in [0.25, 0.3) is 0 Å². The Morgan fingerprint density at radius 1 is 0.667 bits per heavy atom. The molecule has 0 saturated carbocycles. The minimum absolute atomic E-state index is 0.677. The van der Waals surface area contributed by atoms with E-state index < -0.39 is 0 Å². The summed E-state index contributed by atoms with van der Waals surface area (Å²) >= 11 is 1.81. The molecule has 0 N–H and O–H groups in total. The molecule has 72 valence electrons. The molecule has 0 spiro atoms. The zero-order chi connectivity index (χ0) is 9.24. The zero-order valence-corrected chi connectivity index (χ0v) is 12.1. The summed E-state index contributed by atoms with van der Waals surface area (Å²) in [5.41, 5.74) is 1.35. The first kappa shape index (κ1) is 11.1. The molecule has 0 bridgehead atoms. The van der Waals surface area contributed by atoms with Crippen LogP contribution >= 0.6 is 0 Å². The van der Waals surface area contributed by atoms with E-state index in [4.69, 9.17) is 0 Å². The van der Waals surface area contributed by atoms with Crippen molar-refractivity contribution in [3.63, 3.8) is 0 Å². The van der Waals surface area contributed by atoms with Gasteiger partial charge in [0, 0.05) is 0 Å². The van der Waals surface area contributed by atoms with E-state index in [-0.39, 0.29) is 0 Å². The fourth-order valence-corrected chi connectivity index (χ4v) is 8.52. The predicted molar refractivity (Wildman–Crippen MR) is 58.3 cm³/mol. The fraction of sp³-hybridized carbons (Fsp3) is 1.00. The van der Waals surface area contributed by atoms with Crippen LogP contribution in [0.3, 0.4) is 0 Å². The molecule has 0 amide bonds. The van der Waals surface area contributed by atoms with Crippen molar-refractivity contribution in [2.75, 3.05) is 0 Å². The third-order valence-corrected chi connectivity index (χ3v) is 10.2. The second-order valence-corrected chi connectivity index (χ2v) is 9.45. The number of rotatable bonds is 0. The molecule has 1 rings (SSSR count). The standard InChI is InChI=1S/C10H20Se2/c1-9(2)5-11-7-10(3,4)8-12-6-9/h5-8H2,1-4H3. The quantitative estimate of drug-likeness (QED) is 0.603. The van der Waals surface area contributed by atoms with E-state index in [1.54, 1.807) is 0 Å². The molecule has 1 saturated heterocycles. The predicted octanol–water partition coefficient (Wildman–Crippen LogP) is 3.13. The summed E-state index contributed by atoms with van der Waals surface area (Å²) < 4.78 is 0. The second-order valence-electron chi connectivity index (χ2n) is 5.31. The number of hydrogen-bond acceptors (Lipinski definition) is 0. The first-order valence-electron chi connectivity index (χ1n) is 4.57. The van der Waals surface area contributed by atoms with Gasteiger partial charge in [0.2, 0.25) is 0 Å². The van der Waals surface area contributed by atoms with Gasteiger partial charge < -0.3 is 0 Å². The molecule has 1 fully saturated rings. The molecule has 1 aliphatic heterocycles. The molecule has 0 aliphatic carbocycles. The van der Waals surface area contributed by atoms with Gasteiger partial charge in [0.25, 0.3) is 0 Å². The summed E-state index contributed by atoms with van der Waals surface area (Å²) in [6.45, 7) is 9.81. The summed E-state index contributed by atoms with van der Waals surface area (Å²) in [5, 5.41) is 6.02. The molecular formula is C10H20Se2. The average molecular weight is 298 g/mol. The SMILES string of the molecule is CC1(C)C[Se]CC(C)(C)C[Se]C1. The van der Waals surface area contributed by atoms with Crippen LogP contribution in [0.15, 0.2) is 0 Å². The number of hydrogen-bond donors (Lipinski definition) is 0. The van der Waals surface area contributed by atoms with E-state index in [0.29, 0.717) is 10.8 Å². The summed E-state index contributed by atoms with van der Waals surface area (Å²) in [5.74, 6) is 0. The molecule has 0 aromatic carbocycles. The van der Waals surface area contributed by atoms with Crippen molar-refractivity contribution in [2.45, 2.75) is 49.0 Å². The van der Waals surface area contributed by atoms with Crippen LogP contribution in [0.1, 0.15) is 27.7 Å². The molecule has 0 unspecified atom stereocenters. The van der Waals surface area contributed by atoms with Crippen molar-refractivity contribution in [3.8, 4) is 0 Å². The van der Waals surface area contributed by atoms with Crippen LogP contribution in [-0.2, 0) is 0 Å². The average Bonchev–Trinajstić information content (AvgIpc) is 1.82. The van der Waals surface area contributed by atoms with Crippen LogP contribution in [0.5, 0.6) is 0 Å². The van der Waals surface area contributed by atoms with Crippen LogP contribution in [0, 0.1) is 10.8 Å². The van der Waals surface area contributed by atoms with Crippen molar-refractivity contribution in [2.24, 2.45) is 10.8 Å². The van der Waals surface area contributed by atoms with Crippen molar-refractivity contribution in [1.29, 1.82) is 0 Å². The van der Waals surface area contributed by atoms with E-state index >= 15 is 0 Å². The summed E-state index contributed by atoms with van der Waals surface area (Å²) in [6.07, 6.45) is 0. The van der Waals surface area contributed by atoms with E-state index in [2.05, 4.69) is 27.7 Å². The van der Waals surface area contributed by atoms with Crippen LogP contribution in [-0.4, -0.2) is 29.9 Å². The van der Waals surface area contributed by atoms with Gasteiger partial charge >= 0.3 is 89.7 Å². The summed E-state index contributed by atoms with van der Waals surface area (Å²) in [6, 6.07) is 0. The van der Waals surface area contributed by atoms with Crippen LogP contribution in [0.2, 0.25) is 21.3 Å². The molecule has 0 nitrogen and oxygen atoms in total. The maximum absolute atomic E-state index is 2.45. The van der Waals surface area contributed by atoms with E-state index in [0.717, 1.165) is 29.9 Å². The third-order valence-electron chi connectivity index (χ3n) is 1.97. The monoisotopic (exact) mass is 300 g/mol. The van der Waals surface area contributed by atoms with E-state index in [1.165, 1.54) is 21.3 Å². The Labute approximate surface area is 89.6 Å². The Morgan fingerprint density at radius 3 is 1.17 bits per heavy atom. The van der Waals surface area contributed by atoms with Crippen molar-refractivity contribution >= 4 is 29.9 Å². The summed E-state index contributed by atoms with van der Waals surface area (Å²) in [7, 11) is 0. The molecule has 0 aromatic rings. The van der Waals surface area contributed by atoms with Gasteiger partial charge in [0.1, 0.15) is 0 Å². The Hall–Kier alpha value is 1.04. The van der Waals surface area contributed by atoms with E-state index in [9.17, 15) is 0 Å². The molecule has 0 aromatic heterocycles. The second kappa shape index (κ2) is 4.05. The van der Waals surface area contributed by atoms with Gasteiger partial charge in [-0.15, -0.1) is 0 Å².